The number of hydrogen-bond acceptors (Lipinski definition) is 5. The van der Waals surface area contributed by atoms with Gasteiger partial charge in [-0.05, 0) is 31.5 Å². The Bertz CT molecular complexity index is 510. The van der Waals surface area contributed by atoms with Crippen LogP contribution in [0.5, 0.6) is 5.75 Å². The predicted octanol–water partition coefficient (Wildman–Crippen LogP) is 2.24. The fourth-order valence-corrected chi connectivity index (χ4v) is 1.69. The second-order valence-corrected chi connectivity index (χ2v) is 4.18. The summed E-state index contributed by atoms with van der Waals surface area (Å²) in [5.41, 5.74) is 2.83. The van der Waals surface area contributed by atoms with Gasteiger partial charge in [-0.15, -0.1) is 0 Å². The van der Waals surface area contributed by atoms with Gasteiger partial charge in [-0.1, -0.05) is 22.4 Å². The van der Waals surface area contributed by atoms with Crippen molar-refractivity contribution in [3.8, 4) is 5.75 Å². The summed E-state index contributed by atoms with van der Waals surface area (Å²) in [4.78, 5) is 0. The first-order chi connectivity index (χ1) is 8.70. The number of aryl methyl sites for hydroxylation is 1. The van der Waals surface area contributed by atoms with Gasteiger partial charge < -0.3 is 10.1 Å². The van der Waals surface area contributed by atoms with Crippen molar-refractivity contribution in [2.75, 3.05) is 7.11 Å². The Balaban J connectivity index is 1.99. The van der Waals surface area contributed by atoms with Crippen molar-refractivity contribution in [1.29, 1.82) is 0 Å². The highest BCUT2D eigenvalue weighted by molar-refractivity contribution is 5.30. The molecule has 1 aromatic carbocycles. The van der Waals surface area contributed by atoms with Crippen LogP contribution in [0.4, 0.5) is 0 Å². The summed E-state index contributed by atoms with van der Waals surface area (Å²) in [7, 11) is 1.67. The van der Waals surface area contributed by atoms with E-state index in [4.69, 9.17) is 4.74 Å². The SMILES string of the molecule is COc1cccc([C@@H](C)NCc2nonc2C)c1. The van der Waals surface area contributed by atoms with E-state index in [0.29, 0.717) is 6.54 Å². The second kappa shape index (κ2) is 5.64. The van der Waals surface area contributed by atoms with Crippen LogP contribution in [-0.2, 0) is 6.54 Å². The van der Waals surface area contributed by atoms with Crippen LogP contribution in [0, 0.1) is 6.92 Å². The normalized spacial score (nSPS) is 12.4. The summed E-state index contributed by atoms with van der Waals surface area (Å²) >= 11 is 0. The van der Waals surface area contributed by atoms with E-state index in [1.165, 1.54) is 5.56 Å². The van der Waals surface area contributed by atoms with Crippen molar-refractivity contribution in [3.63, 3.8) is 0 Å². The molecule has 0 aliphatic rings. The quantitative estimate of drug-likeness (QED) is 0.878. The zero-order chi connectivity index (χ0) is 13.0. The molecule has 0 saturated heterocycles. The molecule has 0 spiro atoms. The molecule has 96 valence electrons. The number of rotatable bonds is 5. The Morgan fingerprint density at radius 2 is 2.22 bits per heavy atom. The largest absolute Gasteiger partial charge is 0.497 e. The molecule has 0 aliphatic carbocycles. The van der Waals surface area contributed by atoms with E-state index in [0.717, 1.165) is 17.1 Å². The standard InChI is InChI=1S/C13H17N3O2/c1-9(11-5-4-6-12(7-11)17-3)14-8-13-10(2)15-18-16-13/h4-7,9,14H,8H2,1-3H3/t9-/m1/s1. The van der Waals surface area contributed by atoms with Gasteiger partial charge in [-0.3, -0.25) is 0 Å². The highest BCUT2D eigenvalue weighted by atomic mass is 16.6. The lowest BCUT2D eigenvalue weighted by Gasteiger charge is -2.14. The van der Waals surface area contributed by atoms with Gasteiger partial charge in [0.1, 0.15) is 17.1 Å². The van der Waals surface area contributed by atoms with Crippen LogP contribution >= 0.6 is 0 Å². The number of hydrogen-bond donors (Lipinski definition) is 1. The van der Waals surface area contributed by atoms with Crippen LogP contribution in [0.25, 0.3) is 0 Å². The van der Waals surface area contributed by atoms with E-state index in [1.54, 1.807) is 7.11 Å². The van der Waals surface area contributed by atoms with Gasteiger partial charge in [0, 0.05) is 12.6 Å². The molecule has 0 radical (unpaired) electrons. The fraction of sp³-hybridized carbons (Fsp3) is 0.385. The second-order valence-electron chi connectivity index (χ2n) is 4.18. The van der Waals surface area contributed by atoms with Gasteiger partial charge in [-0.25, -0.2) is 4.63 Å². The number of nitrogens with one attached hydrogen (secondary N) is 1. The number of ether oxygens (including phenoxy) is 1. The van der Waals surface area contributed by atoms with Crippen LogP contribution in [-0.4, -0.2) is 17.4 Å². The summed E-state index contributed by atoms with van der Waals surface area (Å²) in [5.74, 6) is 0.862. The summed E-state index contributed by atoms with van der Waals surface area (Å²) < 4.78 is 9.87. The Labute approximate surface area is 106 Å². The van der Waals surface area contributed by atoms with Gasteiger partial charge in [0.15, 0.2) is 0 Å². The average Bonchev–Trinajstić information content (AvgIpc) is 2.81. The molecular weight excluding hydrogens is 230 g/mol. The predicted molar refractivity (Wildman–Crippen MR) is 67.3 cm³/mol. The lowest BCUT2D eigenvalue weighted by molar-refractivity contribution is 0.300. The molecule has 5 heteroatoms. The third-order valence-corrected chi connectivity index (χ3v) is 2.92. The molecule has 2 aromatic rings. The minimum atomic E-state index is 0.205. The van der Waals surface area contributed by atoms with Crippen molar-refractivity contribution in [3.05, 3.63) is 41.2 Å². The molecule has 0 saturated carbocycles. The van der Waals surface area contributed by atoms with Crippen LogP contribution in [0.1, 0.15) is 29.9 Å². The van der Waals surface area contributed by atoms with Crippen LogP contribution < -0.4 is 10.1 Å². The fourth-order valence-electron chi connectivity index (χ4n) is 1.69. The first kappa shape index (κ1) is 12.6. The molecule has 0 amide bonds. The molecular formula is C13H17N3O2. The van der Waals surface area contributed by atoms with Crippen LogP contribution in [0.15, 0.2) is 28.9 Å². The molecule has 0 fully saturated rings. The zero-order valence-corrected chi connectivity index (χ0v) is 10.8. The Kier molecular flexibility index (Phi) is 3.94. The topological polar surface area (TPSA) is 60.2 Å². The maximum atomic E-state index is 5.21. The summed E-state index contributed by atoms with van der Waals surface area (Å²) in [6, 6.07) is 8.20. The lowest BCUT2D eigenvalue weighted by atomic mass is 10.1. The smallest absolute Gasteiger partial charge is 0.121 e. The molecule has 0 unspecified atom stereocenters. The third kappa shape index (κ3) is 2.87. The molecule has 18 heavy (non-hydrogen) atoms. The minimum absolute atomic E-state index is 0.205. The minimum Gasteiger partial charge on any atom is -0.497 e. The van der Waals surface area contributed by atoms with E-state index in [1.807, 2.05) is 25.1 Å². The first-order valence-electron chi connectivity index (χ1n) is 5.86. The summed E-state index contributed by atoms with van der Waals surface area (Å²) in [6.07, 6.45) is 0. The maximum Gasteiger partial charge on any atom is 0.121 e. The molecule has 2 rings (SSSR count). The van der Waals surface area contributed by atoms with Crippen LogP contribution in [0.2, 0.25) is 0 Å². The molecule has 0 aliphatic heterocycles. The lowest BCUT2D eigenvalue weighted by Crippen LogP contribution is -2.18. The molecule has 5 nitrogen and oxygen atoms in total. The van der Waals surface area contributed by atoms with Crippen molar-refractivity contribution >= 4 is 0 Å². The molecule has 1 aromatic heterocycles. The van der Waals surface area contributed by atoms with Gasteiger partial charge in [0.05, 0.1) is 7.11 Å². The van der Waals surface area contributed by atoms with Gasteiger partial charge in [0.25, 0.3) is 0 Å². The van der Waals surface area contributed by atoms with E-state index in [-0.39, 0.29) is 6.04 Å². The van der Waals surface area contributed by atoms with E-state index < -0.39 is 0 Å². The maximum absolute atomic E-state index is 5.21. The monoisotopic (exact) mass is 247 g/mol. The Morgan fingerprint density at radius 3 is 2.89 bits per heavy atom. The van der Waals surface area contributed by atoms with Gasteiger partial charge >= 0.3 is 0 Å². The number of methoxy groups -OCH3 is 1. The highest BCUT2D eigenvalue weighted by Crippen LogP contribution is 2.19. The average molecular weight is 247 g/mol. The Morgan fingerprint density at radius 1 is 1.39 bits per heavy atom. The molecule has 0 bridgehead atoms. The Hall–Kier alpha value is -1.88. The third-order valence-electron chi connectivity index (χ3n) is 2.92. The molecule has 1 atom stereocenters. The van der Waals surface area contributed by atoms with E-state index in [2.05, 4.69) is 33.2 Å². The van der Waals surface area contributed by atoms with Gasteiger partial charge in [-0.2, -0.15) is 0 Å². The van der Waals surface area contributed by atoms with Crippen molar-refractivity contribution in [1.82, 2.24) is 15.6 Å². The summed E-state index contributed by atoms with van der Waals surface area (Å²) in [5, 5.41) is 11.0. The molecule has 1 N–H and O–H groups in total. The van der Waals surface area contributed by atoms with Gasteiger partial charge in [0.2, 0.25) is 0 Å². The highest BCUT2D eigenvalue weighted by Gasteiger charge is 2.09. The van der Waals surface area contributed by atoms with E-state index >= 15 is 0 Å². The van der Waals surface area contributed by atoms with Crippen LogP contribution in [0.3, 0.4) is 0 Å². The zero-order valence-electron chi connectivity index (χ0n) is 10.8. The molecule has 1 heterocycles. The van der Waals surface area contributed by atoms with Crippen molar-refractivity contribution in [2.45, 2.75) is 26.4 Å². The first-order valence-corrected chi connectivity index (χ1v) is 5.86. The number of aromatic nitrogens is 2. The summed E-state index contributed by atoms with van der Waals surface area (Å²) in [6.45, 7) is 4.61. The van der Waals surface area contributed by atoms with Crippen molar-refractivity contribution in [2.24, 2.45) is 0 Å². The van der Waals surface area contributed by atoms with Crippen molar-refractivity contribution < 1.29 is 9.37 Å². The number of nitrogens with zero attached hydrogens (tertiary/aromatic N) is 2. The van der Waals surface area contributed by atoms with E-state index in [9.17, 15) is 0 Å². The number of benzene rings is 1.